The number of aryl methyl sites for hydroxylation is 1. The summed E-state index contributed by atoms with van der Waals surface area (Å²) in [6.45, 7) is 5.56. The van der Waals surface area contributed by atoms with Crippen molar-refractivity contribution in [1.82, 2.24) is 4.90 Å². The largest absolute Gasteiger partial charge is 0.350 e. The average Bonchev–Trinajstić information content (AvgIpc) is 2.81. The minimum Gasteiger partial charge on any atom is -0.350 e. The van der Waals surface area contributed by atoms with Gasteiger partial charge < -0.3 is 5.32 Å². The highest BCUT2D eigenvalue weighted by molar-refractivity contribution is 6.36. The van der Waals surface area contributed by atoms with E-state index in [9.17, 15) is 9.59 Å². The maximum atomic E-state index is 12.9. The summed E-state index contributed by atoms with van der Waals surface area (Å²) in [4.78, 5) is 27.1. The lowest BCUT2D eigenvalue weighted by molar-refractivity contribution is -0.138. The minimum atomic E-state index is -0.312. The van der Waals surface area contributed by atoms with Crippen molar-refractivity contribution in [2.75, 3.05) is 5.32 Å². The standard InChI is InChI=1S/C20H19ClN2O2/c1-12(2)23-19(24)17(14-7-5-4-6-8-14)18(20(23)25)22-16-10-9-15(21)11-13(16)3/h4-12,22H,1-3H3. The van der Waals surface area contributed by atoms with Gasteiger partial charge in [-0.2, -0.15) is 0 Å². The van der Waals surface area contributed by atoms with E-state index in [1.165, 1.54) is 4.90 Å². The molecule has 0 aliphatic carbocycles. The number of nitrogens with zero attached hydrogens (tertiary/aromatic N) is 1. The van der Waals surface area contributed by atoms with E-state index >= 15 is 0 Å². The Morgan fingerprint density at radius 3 is 2.28 bits per heavy atom. The Labute approximate surface area is 152 Å². The van der Waals surface area contributed by atoms with Crippen molar-refractivity contribution in [3.05, 3.63) is 70.4 Å². The van der Waals surface area contributed by atoms with E-state index in [0.29, 0.717) is 16.3 Å². The van der Waals surface area contributed by atoms with Crippen molar-refractivity contribution in [2.24, 2.45) is 0 Å². The van der Waals surface area contributed by atoms with Crippen LogP contribution in [0.15, 0.2) is 54.2 Å². The topological polar surface area (TPSA) is 49.4 Å². The molecule has 5 heteroatoms. The van der Waals surface area contributed by atoms with Crippen LogP contribution in [0.4, 0.5) is 5.69 Å². The molecule has 0 radical (unpaired) electrons. The third-order valence-corrected chi connectivity index (χ3v) is 4.38. The van der Waals surface area contributed by atoms with Crippen molar-refractivity contribution in [3.8, 4) is 0 Å². The lowest BCUT2D eigenvalue weighted by atomic mass is 10.0. The van der Waals surface area contributed by atoms with E-state index in [0.717, 1.165) is 16.8 Å². The number of imide groups is 1. The highest BCUT2D eigenvalue weighted by Crippen LogP contribution is 2.32. The first-order valence-electron chi connectivity index (χ1n) is 8.11. The number of amides is 2. The molecule has 0 saturated heterocycles. The molecule has 4 nitrogen and oxygen atoms in total. The van der Waals surface area contributed by atoms with Gasteiger partial charge in [-0.3, -0.25) is 14.5 Å². The van der Waals surface area contributed by atoms with Crippen LogP contribution in [0.3, 0.4) is 0 Å². The van der Waals surface area contributed by atoms with Gasteiger partial charge in [0.1, 0.15) is 5.70 Å². The molecule has 1 heterocycles. The van der Waals surface area contributed by atoms with Gasteiger partial charge in [-0.25, -0.2) is 0 Å². The van der Waals surface area contributed by atoms with Gasteiger partial charge >= 0.3 is 0 Å². The van der Waals surface area contributed by atoms with E-state index in [1.54, 1.807) is 6.07 Å². The van der Waals surface area contributed by atoms with Gasteiger partial charge in [0.15, 0.2) is 0 Å². The van der Waals surface area contributed by atoms with Gasteiger partial charge in [0.05, 0.1) is 5.57 Å². The second kappa shape index (κ2) is 6.73. The quantitative estimate of drug-likeness (QED) is 0.835. The van der Waals surface area contributed by atoms with Crippen molar-refractivity contribution in [3.63, 3.8) is 0 Å². The molecule has 2 aromatic carbocycles. The van der Waals surface area contributed by atoms with Gasteiger partial charge in [0.2, 0.25) is 0 Å². The SMILES string of the molecule is Cc1cc(Cl)ccc1NC1=C(c2ccccc2)C(=O)N(C(C)C)C1=O. The molecule has 2 amide bonds. The molecule has 1 aliphatic rings. The van der Waals surface area contributed by atoms with Crippen LogP contribution in [0.5, 0.6) is 0 Å². The van der Waals surface area contributed by atoms with E-state index in [2.05, 4.69) is 5.32 Å². The molecule has 0 atom stereocenters. The van der Waals surface area contributed by atoms with Gasteiger partial charge in [0, 0.05) is 16.8 Å². The normalized spacial score (nSPS) is 14.7. The number of rotatable bonds is 4. The fourth-order valence-corrected chi connectivity index (χ4v) is 3.13. The molecular weight excluding hydrogens is 336 g/mol. The number of nitrogens with one attached hydrogen (secondary N) is 1. The third kappa shape index (κ3) is 3.17. The van der Waals surface area contributed by atoms with E-state index < -0.39 is 0 Å². The Kier molecular flexibility index (Phi) is 4.64. The number of benzene rings is 2. The van der Waals surface area contributed by atoms with Crippen molar-refractivity contribution in [1.29, 1.82) is 0 Å². The fourth-order valence-electron chi connectivity index (χ4n) is 2.91. The molecule has 1 N–H and O–H groups in total. The first-order valence-corrected chi connectivity index (χ1v) is 8.48. The lowest BCUT2D eigenvalue weighted by Crippen LogP contribution is -2.38. The molecule has 128 valence electrons. The summed E-state index contributed by atoms with van der Waals surface area (Å²) in [6, 6.07) is 14.4. The summed E-state index contributed by atoms with van der Waals surface area (Å²) >= 11 is 6.01. The van der Waals surface area contributed by atoms with Crippen LogP contribution in [-0.2, 0) is 9.59 Å². The first kappa shape index (κ1) is 17.2. The zero-order chi connectivity index (χ0) is 18.1. The molecule has 0 saturated carbocycles. The molecule has 0 aromatic heterocycles. The van der Waals surface area contributed by atoms with Gasteiger partial charge in [0.25, 0.3) is 11.8 Å². The van der Waals surface area contributed by atoms with Crippen LogP contribution in [-0.4, -0.2) is 22.8 Å². The maximum Gasteiger partial charge on any atom is 0.278 e. The second-order valence-electron chi connectivity index (χ2n) is 6.27. The Hall–Kier alpha value is -2.59. The number of anilines is 1. The Balaban J connectivity index is 2.11. The van der Waals surface area contributed by atoms with E-state index in [-0.39, 0.29) is 17.9 Å². The molecule has 25 heavy (non-hydrogen) atoms. The maximum absolute atomic E-state index is 12.9. The number of carbonyl (C=O) groups excluding carboxylic acids is 2. The van der Waals surface area contributed by atoms with Crippen LogP contribution >= 0.6 is 11.6 Å². The fraction of sp³-hybridized carbons (Fsp3) is 0.200. The number of hydrogen-bond acceptors (Lipinski definition) is 3. The molecule has 1 aliphatic heterocycles. The molecule has 0 unspecified atom stereocenters. The summed E-state index contributed by atoms with van der Waals surface area (Å²) in [7, 11) is 0. The zero-order valence-corrected chi connectivity index (χ0v) is 15.1. The van der Waals surface area contributed by atoms with Crippen molar-refractivity contribution in [2.45, 2.75) is 26.8 Å². The van der Waals surface area contributed by atoms with Crippen LogP contribution in [0, 0.1) is 6.92 Å². The molecule has 3 rings (SSSR count). The van der Waals surface area contributed by atoms with Crippen LogP contribution in [0.25, 0.3) is 5.57 Å². The molecule has 0 fully saturated rings. The number of hydrogen-bond donors (Lipinski definition) is 1. The zero-order valence-electron chi connectivity index (χ0n) is 14.3. The van der Waals surface area contributed by atoms with Gasteiger partial charge in [-0.1, -0.05) is 41.9 Å². The number of halogens is 1. The average molecular weight is 355 g/mol. The molecular formula is C20H19ClN2O2. The van der Waals surface area contributed by atoms with Crippen LogP contribution in [0.1, 0.15) is 25.0 Å². The van der Waals surface area contributed by atoms with E-state index in [4.69, 9.17) is 11.6 Å². The Morgan fingerprint density at radius 2 is 1.68 bits per heavy atom. The van der Waals surface area contributed by atoms with Gasteiger partial charge in [-0.15, -0.1) is 0 Å². The molecule has 2 aromatic rings. The van der Waals surface area contributed by atoms with Crippen LogP contribution < -0.4 is 5.32 Å². The summed E-state index contributed by atoms with van der Waals surface area (Å²) in [5.74, 6) is -0.589. The summed E-state index contributed by atoms with van der Waals surface area (Å²) in [5, 5.41) is 3.78. The highest BCUT2D eigenvalue weighted by Gasteiger charge is 2.40. The predicted octanol–water partition coefficient (Wildman–Crippen LogP) is 4.25. The molecule has 0 spiro atoms. The Morgan fingerprint density at radius 1 is 1.00 bits per heavy atom. The lowest BCUT2D eigenvalue weighted by Gasteiger charge is -2.19. The summed E-state index contributed by atoms with van der Waals surface area (Å²) in [6.07, 6.45) is 0. The van der Waals surface area contributed by atoms with Crippen LogP contribution in [0.2, 0.25) is 5.02 Å². The van der Waals surface area contributed by atoms with E-state index in [1.807, 2.05) is 63.2 Å². The van der Waals surface area contributed by atoms with Crippen molar-refractivity contribution < 1.29 is 9.59 Å². The molecule has 0 bridgehead atoms. The highest BCUT2D eigenvalue weighted by atomic mass is 35.5. The first-order chi connectivity index (χ1) is 11.9. The van der Waals surface area contributed by atoms with Gasteiger partial charge in [-0.05, 0) is 50.1 Å². The smallest absolute Gasteiger partial charge is 0.278 e. The summed E-state index contributed by atoms with van der Waals surface area (Å²) < 4.78 is 0. The predicted molar refractivity (Wildman–Crippen MR) is 100 cm³/mol. The monoisotopic (exact) mass is 354 g/mol. The van der Waals surface area contributed by atoms with Crippen molar-refractivity contribution >= 4 is 34.7 Å². The Bertz CT molecular complexity index is 873. The summed E-state index contributed by atoms with van der Waals surface area (Å²) in [5.41, 5.74) is 3.07. The third-order valence-electron chi connectivity index (χ3n) is 4.14. The second-order valence-corrected chi connectivity index (χ2v) is 6.71. The number of carbonyl (C=O) groups is 2. The minimum absolute atomic E-state index is 0.218.